The first-order valence-corrected chi connectivity index (χ1v) is 10.9. The molecule has 2 rings (SSSR count). The maximum absolute atomic E-state index is 13.6. The standard InChI is InChI=1S/C20H17BrF3NO3S/c1-2-3-12-29(26,27)28-19(16-6-4-5-7-18(16)20(22,23)24)17(13-25)14-8-10-15(21)11-9-14/h4-11H,2-3,12H2,1H3. The lowest BCUT2D eigenvalue weighted by molar-refractivity contribution is -0.137. The molecular formula is C20H17BrF3NO3S. The highest BCUT2D eigenvalue weighted by atomic mass is 79.9. The van der Waals surface area contributed by atoms with E-state index in [2.05, 4.69) is 15.9 Å². The van der Waals surface area contributed by atoms with E-state index in [9.17, 15) is 26.9 Å². The molecule has 0 unspecified atom stereocenters. The normalized spacial score (nSPS) is 12.8. The Morgan fingerprint density at radius 2 is 1.76 bits per heavy atom. The number of hydrogen-bond donors (Lipinski definition) is 0. The Balaban J connectivity index is 2.77. The number of nitrogens with zero attached hydrogens (tertiary/aromatic N) is 1. The summed E-state index contributed by atoms with van der Waals surface area (Å²) >= 11 is 3.24. The van der Waals surface area contributed by atoms with Gasteiger partial charge in [0.15, 0.2) is 5.76 Å². The fourth-order valence-corrected chi connectivity index (χ4v) is 3.92. The van der Waals surface area contributed by atoms with Crippen molar-refractivity contribution in [2.24, 2.45) is 0 Å². The van der Waals surface area contributed by atoms with E-state index < -0.39 is 33.2 Å². The number of allylic oxidation sites excluding steroid dienone is 1. The average molecular weight is 488 g/mol. The van der Waals surface area contributed by atoms with Crippen molar-refractivity contribution in [1.82, 2.24) is 0 Å². The Labute approximate surface area is 175 Å². The van der Waals surface area contributed by atoms with Crippen LogP contribution in [0.15, 0.2) is 53.0 Å². The van der Waals surface area contributed by atoms with Crippen molar-refractivity contribution >= 4 is 37.4 Å². The molecule has 0 saturated carbocycles. The van der Waals surface area contributed by atoms with Crippen LogP contribution in [0.3, 0.4) is 0 Å². The van der Waals surface area contributed by atoms with Crippen LogP contribution < -0.4 is 0 Å². The fourth-order valence-electron chi connectivity index (χ4n) is 2.50. The minimum Gasteiger partial charge on any atom is -0.380 e. The lowest BCUT2D eigenvalue weighted by Gasteiger charge is -2.17. The molecule has 0 aromatic heterocycles. The van der Waals surface area contributed by atoms with E-state index in [-0.39, 0.29) is 23.3 Å². The molecule has 9 heteroatoms. The molecule has 0 bridgehead atoms. The van der Waals surface area contributed by atoms with Crippen LogP contribution in [0.2, 0.25) is 0 Å². The van der Waals surface area contributed by atoms with Crippen molar-refractivity contribution in [2.45, 2.75) is 25.9 Å². The summed E-state index contributed by atoms with van der Waals surface area (Å²) in [6.07, 6.45) is -3.94. The third-order valence-corrected chi connectivity index (χ3v) is 5.64. The summed E-state index contributed by atoms with van der Waals surface area (Å²) in [6.45, 7) is 1.77. The van der Waals surface area contributed by atoms with Gasteiger partial charge in [0.1, 0.15) is 11.6 Å². The summed E-state index contributed by atoms with van der Waals surface area (Å²) in [5.74, 6) is -1.01. The molecule has 0 fully saturated rings. The van der Waals surface area contributed by atoms with E-state index in [0.29, 0.717) is 10.9 Å². The number of alkyl halides is 3. The van der Waals surface area contributed by atoms with Crippen LogP contribution in [0.1, 0.15) is 36.5 Å². The van der Waals surface area contributed by atoms with Gasteiger partial charge in [-0.05, 0) is 30.2 Å². The quantitative estimate of drug-likeness (QED) is 0.207. The molecule has 0 aliphatic heterocycles. The zero-order valence-electron chi connectivity index (χ0n) is 15.3. The van der Waals surface area contributed by atoms with E-state index in [1.807, 2.05) is 0 Å². The van der Waals surface area contributed by atoms with Gasteiger partial charge in [-0.2, -0.15) is 26.9 Å². The van der Waals surface area contributed by atoms with Crippen LogP contribution >= 0.6 is 15.9 Å². The number of nitriles is 1. The van der Waals surface area contributed by atoms with Gasteiger partial charge in [-0.1, -0.05) is 59.6 Å². The largest absolute Gasteiger partial charge is 0.417 e. The van der Waals surface area contributed by atoms with Crippen molar-refractivity contribution in [1.29, 1.82) is 5.26 Å². The predicted octanol–water partition coefficient (Wildman–Crippen LogP) is 6.01. The Hall–Kier alpha value is -2.31. The van der Waals surface area contributed by atoms with E-state index in [1.165, 1.54) is 24.3 Å². The molecule has 0 saturated heterocycles. The maximum atomic E-state index is 13.6. The molecule has 154 valence electrons. The first kappa shape index (κ1) is 23.0. The number of unbranched alkanes of at least 4 members (excludes halogenated alkanes) is 1. The number of hydrogen-bond acceptors (Lipinski definition) is 4. The third kappa shape index (κ3) is 6.08. The molecule has 0 spiro atoms. The third-order valence-electron chi connectivity index (χ3n) is 3.91. The molecule has 0 amide bonds. The Bertz CT molecular complexity index is 1040. The second-order valence-electron chi connectivity index (χ2n) is 6.06. The highest BCUT2D eigenvalue weighted by Gasteiger charge is 2.36. The number of rotatable bonds is 7. The second kappa shape index (κ2) is 9.46. The van der Waals surface area contributed by atoms with Gasteiger partial charge in [-0.15, -0.1) is 0 Å². The molecule has 0 heterocycles. The Morgan fingerprint density at radius 3 is 2.31 bits per heavy atom. The number of benzene rings is 2. The van der Waals surface area contributed by atoms with Gasteiger partial charge >= 0.3 is 16.3 Å². The molecule has 0 atom stereocenters. The predicted molar refractivity (Wildman–Crippen MR) is 108 cm³/mol. The van der Waals surface area contributed by atoms with Gasteiger partial charge < -0.3 is 4.18 Å². The minimum absolute atomic E-state index is 0.230. The smallest absolute Gasteiger partial charge is 0.380 e. The summed E-state index contributed by atoms with van der Waals surface area (Å²) in [4.78, 5) is 0. The van der Waals surface area contributed by atoms with Crippen molar-refractivity contribution < 1.29 is 25.8 Å². The zero-order chi connectivity index (χ0) is 21.7. The summed E-state index contributed by atoms with van der Waals surface area (Å²) in [5, 5.41) is 9.67. The van der Waals surface area contributed by atoms with Gasteiger partial charge in [0.2, 0.25) is 0 Å². The van der Waals surface area contributed by atoms with Gasteiger partial charge in [-0.3, -0.25) is 0 Å². The first-order chi connectivity index (χ1) is 13.6. The molecule has 0 aliphatic rings. The summed E-state index contributed by atoms with van der Waals surface area (Å²) in [6, 6.07) is 12.4. The zero-order valence-corrected chi connectivity index (χ0v) is 17.7. The first-order valence-electron chi connectivity index (χ1n) is 8.58. The van der Waals surface area contributed by atoms with Crippen LogP contribution in [0.4, 0.5) is 13.2 Å². The maximum Gasteiger partial charge on any atom is 0.417 e. The van der Waals surface area contributed by atoms with Gasteiger partial charge in [0.05, 0.1) is 11.3 Å². The summed E-state index contributed by atoms with van der Waals surface area (Å²) in [5.41, 5.74) is -1.69. The molecule has 2 aromatic rings. The van der Waals surface area contributed by atoms with Gasteiger partial charge in [0.25, 0.3) is 0 Å². The molecule has 0 aliphatic carbocycles. The molecule has 0 N–H and O–H groups in total. The summed E-state index contributed by atoms with van der Waals surface area (Å²) in [7, 11) is -4.21. The molecular weight excluding hydrogens is 471 g/mol. The van der Waals surface area contributed by atoms with Gasteiger partial charge in [-0.25, -0.2) is 0 Å². The Kier molecular flexibility index (Phi) is 7.49. The summed E-state index contributed by atoms with van der Waals surface area (Å²) < 4.78 is 71.2. The van der Waals surface area contributed by atoms with Crippen molar-refractivity contribution in [3.63, 3.8) is 0 Å². The van der Waals surface area contributed by atoms with Crippen molar-refractivity contribution in [3.05, 3.63) is 69.7 Å². The molecule has 0 radical (unpaired) electrons. The van der Waals surface area contributed by atoms with E-state index >= 15 is 0 Å². The molecule has 2 aromatic carbocycles. The van der Waals surface area contributed by atoms with Crippen LogP contribution in [0.5, 0.6) is 0 Å². The van der Waals surface area contributed by atoms with E-state index in [0.717, 1.165) is 12.1 Å². The SMILES string of the molecule is CCCCS(=O)(=O)OC(=C(C#N)c1ccc(Br)cc1)c1ccccc1C(F)(F)F. The lowest BCUT2D eigenvalue weighted by atomic mass is 9.98. The van der Waals surface area contributed by atoms with E-state index in [4.69, 9.17) is 4.18 Å². The lowest BCUT2D eigenvalue weighted by Crippen LogP contribution is -2.14. The monoisotopic (exact) mass is 487 g/mol. The van der Waals surface area contributed by atoms with Crippen molar-refractivity contribution in [3.8, 4) is 6.07 Å². The fraction of sp³-hybridized carbons (Fsp3) is 0.250. The van der Waals surface area contributed by atoms with Crippen LogP contribution in [0, 0.1) is 11.3 Å². The highest BCUT2D eigenvalue weighted by Crippen LogP contribution is 2.38. The van der Waals surface area contributed by atoms with Crippen LogP contribution in [0.25, 0.3) is 11.3 Å². The average Bonchev–Trinajstić information content (AvgIpc) is 2.67. The van der Waals surface area contributed by atoms with Gasteiger partial charge in [0, 0.05) is 10.0 Å². The highest BCUT2D eigenvalue weighted by molar-refractivity contribution is 9.10. The Morgan fingerprint density at radius 1 is 1.14 bits per heavy atom. The van der Waals surface area contributed by atoms with Crippen LogP contribution in [-0.2, 0) is 20.5 Å². The van der Waals surface area contributed by atoms with Crippen LogP contribution in [-0.4, -0.2) is 14.2 Å². The second-order valence-corrected chi connectivity index (χ2v) is 8.67. The topological polar surface area (TPSA) is 67.2 Å². The van der Waals surface area contributed by atoms with Crippen molar-refractivity contribution in [2.75, 3.05) is 5.75 Å². The molecule has 4 nitrogen and oxygen atoms in total. The number of halogens is 4. The molecule has 29 heavy (non-hydrogen) atoms. The minimum atomic E-state index is -4.77. The van der Waals surface area contributed by atoms with E-state index in [1.54, 1.807) is 25.1 Å².